The van der Waals surface area contributed by atoms with Crippen molar-refractivity contribution in [1.82, 2.24) is 9.80 Å². The van der Waals surface area contributed by atoms with E-state index in [0.29, 0.717) is 24.8 Å². The monoisotopic (exact) mass is 266 g/mol. The molecule has 1 saturated heterocycles. The van der Waals surface area contributed by atoms with Crippen LogP contribution >= 0.6 is 0 Å². The summed E-state index contributed by atoms with van der Waals surface area (Å²) in [5.74, 6) is 1.25. The van der Waals surface area contributed by atoms with Gasteiger partial charge >= 0.3 is 0 Å². The van der Waals surface area contributed by atoms with E-state index >= 15 is 0 Å². The van der Waals surface area contributed by atoms with Gasteiger partial charge in [0.15, 0.2) is 0 Å². The van der Waals surface area contributed by atoms with Crippen molar-refractivity contribution in [3.8, 4) is 0 Å². The van der Waals surface area contributed by atoms with Crippen molar-refractivity contribution >= 4 is 11.8 Å². The molecule has 0 radical (unpaired) electrons. The van der Waals surface area contributed by atoms with Crippen LogP contribution in [0.3, 0.4) is 0 Å². The molecule has 1 heterocycles. The molecular formula is C15H26N2O2. The highest BCUT2D eigenvalue weighted by Gasteiger charge is 2.30. The van der Waals surface area contributed by atoms with Gasteiger partial charge in [-0.2, -0.15) is 0 Å². The third-order valence-corrected chi connectivity index (χ3v) is 4.20. The summed E-state index contributed by atoms with van der Waals surface area (Å²) in [6.45, 7) is 7.20. The van der Waals surface area contributed by atoms with Gasteiger partial charge in [0.05, 0.1) is 0 Å². The van der Waals surface area contributed by atoms with E-state index in [0.717, 1.165) is 38.9 Å². The van der Waals surface area contributed by atoms with Gasteiger partial charge in [0.25, 0.3) is 0 Å². The summed E-state index contributed by atoms with van der Waals surface area (Å²) in [5.41, 5.74) is 0. The van der Waals surface area contributed by atoms with Gasteiger partial charge in [0, 0.05) is 38.5 Å². The van der Waals surface area contributed by atoms with Crippen molar-refractivity contribution in [2.24, 2.45) is 11.8 Å². The minimum atomic E-state index is 0.243. The molecule has 2 fully saturated rings. The summed E-state index contributed by atoms with van der Waals surface area (Å²) < 4.78 is 0. The zero-order valence-electron chi connectivity index (χ0n) is 12.2. The van der Waals surface area contributed by atoms with Crippen molar-refractivity contribution in [3.05, 3.63) is 0 Å². The maximum absolute atomic E-state index is 12.2. The lowest BCUT2D eigenvalue weighted by Crippen LogP contribution is -2.41. The van der Waals surface area contributed by atoms with Gasteiger partial charge in [0.1, 0.15) is 0 Å². The smallest absolute Gasteiger partial charge is 0.225 e. The van der Waals surface area contributed by atoms with E-state index in [1.54, 1.807) is 0 Å². The molecule has 2 aliphatic rings. The Balaban J connectivity index is 1.83. The molecule has 4 nitrogen and oxygen atoms in total. The fourth-order valence-electron chi connectivity index (χ4n) is 2.78. The number of rotatable bonds is 3. The average molecular weight is 266 g/mol. The van der Waals surface area contributed by atoms with E-state index in [4.69, 9.17) is 0 Å². The number of hydrogen-bond donors (Lipinski definition) is 0. The normalized spacial score (nSPS) is 21.2. The molecule has 0 atom stereocenters. The minimum absolute atomic E-state index is 0.243. The van der Waals surface area contributed by atoms with Crippen LogP contribution in [0.25, 0.3) is 0 Å². The second-order valence-electron chi connectivity index (χ2n) is 6.29. The van der Waals surface area contributed by atoms with Crippen LogP contribution in [-0.2, 0) is 9.59 Å². The zero-order chi connectivity index (χ0) is 13.8. The van der Waals surface area contributed by atoms with Gasteiger partial charge < -0.3 is 9.80 Å². The van der Waals surface area contributed by atoms with Gasteiger partial charge in [-0.25, -0.2) is 0 Å². The molecule has 0 bridgehead atoms. The Morgan fingerprint density at radius 1 is 1.00 bits per heavy atom. The average Bonchev–Trinajstić information content (AvgIpc) is 2.50. The second-order valence-corrected chi connectivity index (χ2v) is 6.29. The standard InChI is InChI=1S/C15H26N2O2/c1-12(2)11-14(18)16-7-4-8-17(10-9-16)15(19)13-5-3-6-13/h12-13H,3-11H2,1-2H3. The molecule has 0 aromatic rings. The highest BCUT2D eigenvalue weighted by atomic mass is 16.2. The van der Waals surface area contributed by atoms with Crippen LogP contribution in [0.2, 0.25) is 0 Å². The van der Waals surface area contributed by atoms with Crippen molar-refractivity contribution in [2.45, 2.75) is 46.0 Å². The van der Waals surface area contributed by atoms with E-state index in [1.807, 2.05) is 9.80 Å². The number of hydrogen-bond acceptors (Lipinski definition) is 2. The van der Waals surface area contributed by atoms with Gasteiger partial charge in [-0.15, -0.1) is 0 Å². The first kappa shape index (κ1) is 14.4. The summed E-state index contributed by atoms with van der Waals surface area (Å²) in [6.07, 6.45) is 4.86. The predicted octanol–water partition coefficient (Wildman–Crippen LogP) is 1.89. The highest BCUT2D eigenvalue weighted by Crippen LogP contribution is 2.28. The van der Waals surface area contributed by atoms with E-state index in [2.05, 4.69) is 13.8 Å². The lowest BCUT2D eigenvalue weighted by molar-refractivity contribution is -0.138. The van der Waals surface area contributed by atoms with Crippen LogP contribution in [0.15, 0.2) is 0 Å². The summed E-state index contributed by atoms with van der Waals surface area (Å²) in [5, 5.41) is 0. The van der Waals surface area contributed by atoms with Crippen LogP contribution in [-0.4, -0.2) is 47.8 Å². The first-order valence-corrected chi connectivity index (χ1v) is 7.64. The Morgan fingerprint density at radius 3 is 2.21 bits per heavy atom. The first-order chi connectivity index (χ1) is 9.08. The lowest BCUT2D eigenvalue weighted by Gasteiger charge is -2.31. The predicted molar refractivity (Wildman–Crippen MR) is 74.6 cm³/mol. The third-order valence-electron chi connectivity index (χ3n) is 4.20. The fraction of sp³-hybridized carbons (Fsp3) is 0.867. The Morgan fingerprint density at radius 2 is 1.63 bits per heavy atom. The topological polar surface area (TPSA) is 40.6 Å². The van der Waals surface area contributed by atoms with E-state index < -0.39 is 0 Å². The van der Waals surface area contributed by atoms with E-state index in [9.17, 15) is 9.59 Å². The van der Waals surface area contributed by atoms with Crippen molar-refractivity contribution < 1.29 is 9.59 Å². The minimum Gasteiger partial charge on any atom is -0.341 e. The Bertz CT molecular complexity index is 337. The molecule has 0 unspecified atom stereocenters. The van der Waals surface area contributed by atoms with Gasteiger partial charge in [-0.1, -0.05) is 20.3 Å². The molecule has 0 spiro atoms. The molecule has 0 N–H and O–H groups in total. The summed E-state index contributed by atoms with van der Waals surface area (Å²) in [4.78, 5) is 28.2. The quantitative estimate of drug-likeness (QED) is 0.782. The molecule has 2 amide bonds. The molecule has 4 heteroatoms. The third kappa shape index (κ3) is 3.71. The molecule has 108 valence electrons. The largest absolute Gasteiger partial charge is 0.341 e. The number of amides is 2. The van der Waals surface area contributed by atoms with Crippen molar-refractivity contribution in [2.75, 3.05) is 26.2 Å². The summed E-state index contributed by atoms with van der Waals surface area (Å²) >= 11 is 0. The molecule has 1 aliphatic heterocycles. The van der Waals surface area contributed by atoms with E-state index in [1.165, 1.54) is 6.42 Å². The van der Waals surface area contributed by atoms with Gasteiger partial charge in [-0.05, 0) is 25.2 Å². The number of nitrogens with zero attached hydrogens (tertiary/aromatic N) is 2. The zero-order valence-corrected chi connectivity index (χ0v) is 12.2. The maximum Gasteiger partial charge on any atom is 0.225 e. The molecule has 19 heavy (non-hydrogen) atoms. The molecule has 0 aromatic carbocycles. The van der Waals surface area contributed by atoms with Crippen LogP contribution < -0.4 is 0 Å². The second kappa shape index (κ2) is 6.40. The molecule has 1 aliphatic carbocycles. The Labute approximate surface area is 116 Å². The van der Waals surface area contributed by atoms with E-state index in [-0.39, 0.29) is 11.8 Å². The molecule has 2 rings (SSSR count). The van der Waals surface area contributed by atoms with Crippen LogP contribution in [0, 0.1) is 11.8 Å². The molecular weight excluding hydrogens is 240 g/mol. The molecule has 0 aromatic heterocycles. The lowest BCUT2D eigenvalue weighted by atomic mass is 9.84. The molecule has 1 saturated carbocycles. The summed E-state index contributed by atoms with van der Waals surface area (Å²) in [6, 6.07) is 0. The Hall–Kier alpha value is -1.06. The highest BCUT2D eigenvalue weighted by molar-refractivity contribution is 5.80. The van der Waals surface area contributed by atoms with Crippen molar-refractivity contribution in [3.63, 3.8) is 0 Å². The van der Waals surface area contributed by atoms with Crippen LogP contribution in [0.1, 0.15) is 46.0 Å². The van der Waals surface area contributed by atoms with Crippen LogP contribution in [0.5, 0.6) is 0 Å². The summed E-state index contributed by atoms with van der Waals surface area (Å²) in [7, 11) is 0. The van der Waals surface area contributed by atoms with Crippen LogP contribution in [0.4, 0.5) is 0 Å². The fourth-order valence-corrected chi connectivity index (χ4v) is 2.78. The van der Waals surface area contributed by atoms with Crippen molar-refractivity contribution in [1.29, 1.82) is 0 Å². The first-order valence-electron chi connectivity index (χ1n) is 7.64. The van der Waals surface area contributed by atoms with Gasteiger partial charge in [0.2, 0.25) is 11.8 Å². The number of carbonyl (C=O) groups excluding carboxylic acids is 2. The van der Waals surface area contributed by atoms with Gasteiger partial charge in [-0.3, -0.25) is 9.59 Å². The Kier molecular flexibility index (Phi) is 4.83. The maximum atomic E-state index is 12.2. The number of carbonyl (C=O) groups is 2. The SMILES string of the molecule is CC(C)CC(=O)N1CCCN(C(=O)C2CCC2)CC1.